The zero-order valence-corrected chi connectivity index (χ0v) is 13.4. The van der Waals surface area contributed by atoms with E-state index in [-0.39, 0.29) is 17.0 Å². The lowest BCUT2D eigenvalue weighted by Crippen LogP contribution is -2.31. The van der Waals surface area contributed by atoms with Crippen molar-refractivity contribution in [1.82, 2.24) is 9.55 Å². The van der Waals surface area contributed by atoms with Crippen LogP contribution in [-0.2, 0) is 4.74 Å². The van der Waals surface area contributed by atoms with Gasteiger partial charge < -0.3 is 4.74 Å². The van der Waals surface area contributed by atoms with Gasteiger partial charge in [-0.2, -0.15) is 0 Å². The van der Waals surface area contributed by atoms with Gasteiger partial charge in [-0.3, -0.25) is 9.36 Å². The van der Waals surface area contributed by atoms with Gasteiger partial charge in [0.1, 0.15) is 5.82 Å². The van der Waals surface area contributed by atoms with Crippen LogP contribution in [0.5, 0.6) is 0 Å². The lowest BCUT2D eigenvalue weighted by atomic mass is 10.1. The molecule has 0 N–H and O–H groups in total. The fourth-order valence-corrected chi connectivity index (χ4v) is 2.64. The predicted octanol–water partition coefficient (Wildman–Crippen LogP) is 3.68. The zero-order valence-electron chi connectivity index (χ0n) is 12.7. The molecule has 0 bridgehead atoms. The minimum absolute atomic E-state index is 0.0430. The van der Waals surface area contributed by atoms with Crippen LogP contribution in [0.3, 0.4) is 0 Å². The molecule has 1 aromatic heterocycles. The number of methoxy groups -OCH3 is 1. The topological polar surface area (TPSA) is 44.1 Å². The van der Waals surface area contributed by atoms with E-state index in [1.54, 1.807) is 17.7 Å². The summed E-state index contributed by atoms with van der Waals surface area (Å²) < 4.78 is 6.97. The lowest BCUT2D eigenvalue weighted by Gasteiger charge is -2.23. The summed E-state index contributed by atoms with van der Waals surface area (Å²) in [5.74, 6) is 0.631. The molecule has 0 saturated carbocycles. The summed E-state index contributed by atoms with van der Waals surface area (Å²) in [4.78, 5) is 17.5. The van der Waals surface area contributed by atoms with Gasteiger partial charge in [-0.1, -0.05) is 26.0 Å². The second-order valence-electron chi connectivity index (χ2n) is 5.06. The standard InChI is InChI=1S/C16H21ClN2O2/c1-4-11(10-21-3)19-15(13(17)5-2)18-14-9-7-6-8-12(14)16(19)20/h6-9,11,13H,4-5,10H2,1-3H3. The van der Waals surface area contributed by atoms with Crippen LogP contribution in [0.15, 0.2) is 29.1 Å². The van der Waals surface area contributed by atoms with Crippen LogP contribution in [0, 0.1) is 0 Å². The lowest BCUT2D eigenvalue weighted by molar-refractivity contribution is 0.149. The van der Waals surface area contributed by atoms with Crippen LogP contribution in [-0.4, -0.2) is 23.3 Å². The van der Waals surface area contributed by atoms with Gasteiger partial charge >= 0.3 is 0 Å². The maximum Gasteiger partial charge on any atom is 0.261 e. The highest BCUT2D eigenvalue weighted by Gasteiger charge is 2.21. The highest BCUT2D eigenvalue weighted by atomic mass is 35.5. The molecule has 1 aromatic carbocycles. The van der Waals surface area contributed by atoms with Crippen molar-refractivity contribution < 1.29 is 4.74 Å². The minimum atomic E-state index is -0.284. The molecule has 0 aliphatic carbocycles. The van der Waals surface area contributed by atoms with E-state index in [1.807, 2.05) is 32.0 Å². The van der Waals surface area contributed by atoms with Crippen LogP contribution in [0.4, 0.5) is 0 Å². The Hall–Kier alpha value is -1.39. The van der Waals surface area contributed by atoms with E-state index in [1.165, 1.54) is 0 Å². The molecule has 114 valence electrons. The van der Waals surface area contributed by atoms with Gasteiger partial charge in [-0.25, -0.2) is 4.98 Å². The second kappa shape index (κ2) is 7.05. The molecule has 1 heterocycles. The largest absolute Gasteiger partial charge is 0.383 e. The molecule has 21 heavy (non-hydrogen) atoms. The molecule has 2 atom stereocenters. The van der Waals surface area contributed by atoms with Gasteiger partial charge in [0.25, 0.3) is 5.56 Å². The van der Waals surface area contributed by atoms with Crippen LogP contribution in [0.25, 0.3) is 10.9 Å². The summed E-state index contributed by atoms with van der Waals surface area (Å²) in [6.07, 6.45) is 1.50. The number of benzene rings is 1. The van der Waals surface area contributed by atoms with Gasteiger partial charge in [0.2, 0.25) is 0 Å². The number of hydrogen-bond acceptors (Lipinski definition) is 3. The van der Waals surface area contributed by atoms with Crippen molar-refractivity contribution in [3.05, 3.63) is 40.4 Å². The first-order valence-electron chi connectivity index (χ1n) is 7.28. The summed E-state index contributed by atoms with van der Waals surface area (Å²) in [6, 6.07) is 7.33. The van der Waals surface area contributed by atoms with Gasteiger partial charge in [-0.15, -0.1) is 11.6 Å². The monoisotopic (exact) mass is 308 g/mol. The Kier molecular flexibility index (Phi) is 5.37. The average Bonchev–Trinajstić information content (AvgIpc) is 2.52. The average molecular weight is 309 g/mol. The summed E-state index contributed by atoms with van der Waals surface area (Å²) in [5.41, 5.74) is 0.652. The normalized spacial score (nSPS) is 14.3. The maximum atomic E-state index is 12.9. The predicted molar refractivity (Wildman–Crippen MR) is 86.1 cm³/mol. The Labute approximate surface area is 129 Å². The van der Waals surface area contributed by atoms with E-state index in [9.17, 15) is 4.79 Å². The Bertz CT molecular complexity index is 669. The first kappa shape index (κ1) is 16.0. The minimum Gasteiger partial charge on any atom is -0.383 e. The molecular weight excluding hydrogens is 288 g/mol. The number of alkyl halides is 1. The van der Waals surface area contributed by atoms with E-state index in [2.05, 4.69) is 4.98 Å². The number of halogens is 1. The molecule has 0 fully saturated rings. The molecule has 5 heteroatoms. The van der Waals surface area contributed by atoms with Crippen LogP contribution < -0.4 is 5.56 Å². The van der Waals surface area contributed by atoms with Crippen LogP contribution in [0.2, 0.25) is 0 Å². The Morgan fingerprint density at radius 3 is 2.62 bits per heavy atom. The van der Waals surface area contributed by atoms with E-state index in [0.29, 0.717) is 23.3 Å². The van der Waals surface area contributed by atoms with Crippen molar-refractivity contribution >= 4 is 22.5 Å². The number of para-hydroxylation sites is 1. The third kappa shape index (κ3) is 3.11. The molecule has 0 aliphatic heterocycles. The van der Waals surface area contributed by atoms with E-state index in [0.717, 1.165) is 12.8 Å². The fourth-order valence-electron chi connectivity index (χ4n) is 2.49. The number of nitrogens with zero attached hydrogens (tertiary/aromatic N) is 2. The molecular formula is C16H21ClN2O2. The molecule has 4 nitrogen and oxygen atoms in total. The summed E-state index contributed by atoms with van der Waals surface area (Å²) in [7, 11) is 1.64. The second-order valence-corrected chi connectivity index (χ2v) is 5.58. The van der Waals surface area contributed by atoms with E-state index in [4.69, 9.17) is 16.3 Å². The number of ether oxygens (including phenoxy) is 1. The number of rotatable bonds is 6. The van der Waals surface area contributed by atoms with Gasteiger partial charge in [-0.05, 0) is 25.0 Å². The SMILES string of the molecule is CCC(Cl)c1nc2ccccc2c(=O)n1C(CC)COC. The molecule has 2 rings (SSSR count). The first-order chi connectivity index (χ1) is 10.1. The smallest absolute Gasteiger partial charge is 0.261 e. The Balaban J connectivity index is 2.74. The number of aromatic nitrogens is 2. The highest BCUT2D eigenvalue weighted by Crippen LogP contribution is 2.26. The van der Waals surface area contributed by atoms with Crippen molar-refractivity contribution in [2.75, 3.05) is 13.7 Å². The molecule has 0 aliphatic rings. The van der Waals surface area contributed by atoms with E-state index >= 15 is 0 Å². The Morgan fingerprint density at radius 2 is 2.00 bits per heavy atom. The van der Waals surface area contributed by atoms with E-state index < -0.39 is 0 Å². The van der Waals surface area contributed by atoms with Gasteiger partial charge in [0.15, 0.2) is 0 Å². The van der Waals surface area contributed by atoms with Crippen molar-refractivity contribution in [2.45, 2.75) is 38.1 Å². The van der Waals surface area contributed by atoms with Gasteiger partial charge in [0.05, 0.1) is 28.9 Å². The van der Waals surface area contributed by atoms with Gasteiger partial charge in [0, 0.05) is 7.11 Å². The van der Waals surface area contributed by atoms with Crippen molar-refractivity contribution in [3.63, 3.8) is 0 Å². The molecule has 2 aromatic rings. The van der Waals surface area contributed by atoms with Crippen molar-refractivity contribution in [1.29, 1.82) is 0 Å². The molecule has 0 spiro atoms. The quantitative estimate of drug-likeness (QED) is 0.765. The third-order valence-corrected chi connectivity index (χ3v) is 4.17. The summed E-state index contributed by atoms with van der Waals surface area (Å²) in [5, 5.41) is 0.337. The highest BCUT2D eigenvalue weighted by molar-refractivity contribution is 6.20. The van der Waals surface area contributed by atoms with Crippen molar-refractivity contribution in [3.8, 4) is 0 Å². The first-order valence-corrected chi connectivity index (χ1v) is 7.71. The van der Waals surface area contributed by atoms with Crippen LogP contribution >= 0.6 is 11.6 Å². The molecule has 0 radical (unpaired) electrons. The fraction of sp³-hybridized carbons (Fsp3) is 0.500. The molecule has 0 amide bonds. The number of hydrogen-bond donors (Lipinski definition) is 0. The molecule has 0 saturated heterocycles. The van der Waals surface area contributed by atoms with Crippen LogP contribution in [0.1, 0.15) is 43.9 Å². The van der Waals surface area contributed by atoms with Crippen molar-refractivity contribution in [2.24, 2.45) is 0 Å². The maximum absolute atomic E-state index is 12.9. The summed E-state index contributed by atoms with van der Waals surface area (Å²) in [6.45, 7) is 4.49. The third-order valence-electron chi connectivity index (χ3n) is 3.67. The number of fused-ring (bicyclic) bond motifs is 1. The Morgan fingerprint density at radius 1 is 1.29 bits per heavy atom. The summed E-state index contributed by atoms with van der Waals surface area (Å²) >= 11 is 6.41. The molecule has 2 unspecified atom stereocenters. The zero-order chi connectivity index (χ0) is 15.4.